The Morgan fingerprint density at radius 2 is 1.67 bits per heavy atom. The first-order valence-electron chi connectivity index (χ1n) is 15.2. The fraction of sp³-hybridized carbons (Fsp3) is 0.162. The van der Waals surface area contributed by atoms with Gasteiger partial charge in [-0.3, -0.25) is 15.1 Å². The highest BCUT2D eigenvalue weighted by Gasteiger charge is 2.16. The maximum absolute atomic E-state index is 14.7. The van der Waals surface area contributed by atoms with Crippen molar-refractivity contribution in [3.05, 3.63) is 120 Å². The molecule has 0 aliphatic carbocycles. The summed E-state index contributed by atoms with van der Waals surface area (Å²) in [6.07, 6.45) is 5.52. The van der Waals surface area contributed by atoms with Crippen LogP contribution in [0.1, 0.15) is 11.1 Å². The smallest absolute Gasteiger partial charge is 0.127 e. The first-order chi connectivity index (χ1) is 22.5. The number of aromatic amines is 2. The van der Waals surface area contributed by atoms with Gasteiger partial charge in [-0.1, -0.05) is 42.5 Å². The molecule has 3 N–H and O–H groups in total. The maximum atomic E-state index is 14.7. The normalized spacial score (nSPS) is 11.6. The first-order valence-corrected chi connectivity index (χ1v) is 15.2. The molecule has 46 heavy (non-hydrogen) atoms. The number of rotatable bonds is 11. The highest BCUT2D eigenvalue weighted by atomic mass is 19.1. The zero-order chi connectivity index (χ0) is 31.5. The standard InChI is InChI=1S/C37H34FN7O/c1-45(2)11-12-46-29-15-26(14-28(38)16-29)30-9-6-10-33-31(30)17-35(42-33)37-32-18-34(41-23-36(32)43-44-37)27-13-25(21-40-22-27)20-39-19-24-7-4-3-5-8-24/h3-10,13-18,21-23,39,42H,11-12,19-20H2,1-2H3,(H,43,44). The molecule has 0 aliphatic rings. The Hall–Kier alpha value is -5.38. The Balaban J connectivity index is 1.17. The van der Waals surface area contributed by atoms with E-state index < -0.39 is 0 Å². The largest absolute Gasteiger partial charge is 0.492 e. The fourth-order valence-corrected chi connectivity index (χ4v) is 5.63. The van der Waals surface area contributed by atoms with E-state index in [-0.39, 0.29) is 5.82 Å². The molecule has 8 nitrogen and oxygen atoms in total. The molecule has 0 aliphatic heterocycles. The van der Waals surface area contributed by atoms with Crippen molar-refractivity contribution in [1.82, 2.24) is 35.4 Å². The Morgan fingerprint density at radius 1 is 0.804 bits per heavy atom. The van der Waals surface area contributed by atoms with Crippen LogP contribution < -0.4 is 10.1 Å². The predicted molar refractivity (Wildman–Crippen MR) is 181 cm³/mol. The van der Waals surface area contributed by atoms with Gasteiger partial charge in [0, 0.05) is 59.9 Å². The predicted octanol–water partition coefficient (Wildman–Crippen LogP) is 7.20. The number of nitrogens with zero attached hydrogens (tertiary/aromatic N) is 4. The summed E-state index contributed by atoms with van der Waals surface area (Å²) in [6, 6.07) is 27.4. The van der Waals surface area contributed by atoms with Crippen LogP contribution in [0.4, 0.5) is 4.39 Å². The van der Waals surface area contributed by atoms with Crippen LogP contribution in [0.3, 0.4) is 0 Å². The molecule has 0 saturated carbocycles. The second-order valence-corrected chi connectivity index (χ2v) is 11.6. The number of likely N-dealkylation sites (N-methyl/N-ethyl adjacent to an activating group) is 1. The van der Waals surface area contributed by atoms with Gasteiger partial charge >= 0.3 is 0 Å². The van der Waals surface area contributed by atoms with E-state index in [4.69, 9.17) is 9.72 Å². The molecule has 4 heterocycles. The highest BCUT2D eigenvalue weighted by molar-refractivity contribution is 6.01. The summed E-state index contributed by atoms with van der Waals surface area (Å²) >= 11 is 0. The summed E-state index contributed by atoms with van der Waals surface area (Å²) < 4.78 is 20.6. The zero-order valence-corrected chi connectivity index (χ0v) is 25.7. The maximum Gasteiger partial charge on any atom is 0.127 e. The topological polar surface area (TPSA) is 94.8 Å². The van der Waals surface area contributed by atoms with Gasteiger partial charge in [0.05, 0.1) is 23.1 Å². The van der Waals surface area contributed by atoms with E-state index >= 15 is 0 Å². The SMILES string of the molecule is CN(C)CCOc1cc(F)cc(-c2cccc3[nH]c(-c4n[nH]c5cnc(-c6cncc(CNCc7ccccc7)c6)cc45)cc23)c1. The summed E-state index contributed by atoms with van der Waals surface area (Å²) in [5.41, 5.74) is 9.10. The van der Waals surface area contributed by atoms with Crippen molar-refractivity contribution in [3.8, 4) is 39.5 Å². The molecule has 4 aromatic heterocycles. The van der Waals surface area contributed by atoms with Gasteiger partial charge in [-0.25, -0.2) is 4.39 Å². The number of ether oxygens (including phenoxy) is 1. The van der Waals surface area contributed by atoms with Gasteiger partial charge < -0.3 is 19.9 Å². The Kier molecular flexibility index (Phi) is 8.24. The zero-order valence-electron chi connectivity index (χ0n) is 25.7. The molecule has 7 aromatic rings. The number of nitrogens with one attached hydrogen (secondary N) is 3. The fourth-order valence-electron chi connectivity index (χ4n) is 5.63. The lowest BCUT2D eigenvalue weighted by Gasteiger charge is -2.12. The van der Waals surface area contributed by atoms with Crippen molar-refractivity contribution in [2.45, 2.75) is 13.1 Å². The van der Waals surface area contributed by atoms with Gasteiger partial charge in [-0.2, -0.15) is 5.10 Å². The van der Waals surface area contributed by atoms with Crippen LogP contribution in [-0.4, -0.2) is 57.3 Å². The van der Waals surface area contributed by atoms with Crippen LogP contribution >= 0.6 is 0 Å². The second-order valence-electron chi connectivity index (χ2n) is 11.6. The molecular weight excluding hydrogens is 577 g/mol. The van der Waals surface area contributed by atoms with E-state index in [1.165, 1.54) is 11.6 Å². The third-order valence-electron chi connectivity index (χ3n) is 7.95. The molecule has 0 spiro atoms. The van der Waals surface area contributed by atoms with Crippen molar-refractivity contribution >= 4 is 21.8 Å². The number of aromatic nitrogens is 5. The van der Waals surface area contributed by atoms with E-state index in [1.807, 2.05) is 79.9 Å². The molecule has 0 amide bonds. The molecular formula is C37H34FN7O. The van der Waals surface area contributed by atoms with Crippen LogP contribution in [0, 0.1) is 5.82 Å². The summed E-state index contributed by atoms with van der Waals surface area (Å²) in [6.45, 7) is 2.69. The Labute approximate surface area is 266 Å². The summed E-state index contributed by atoms with van der Waals surface area (Å²) in [7, 11) is 3.96. The number of fused-ring (bicyclic) bond motifs is 2. The van der Waals surface area contributed by atoms with Crippen LogP contribution in [-0.2, 0) is 13.1 Å². The van der Waals surface area contributed by atoms with Gasteiger partial charge in [0.1, 0.15) is 23.9 Å². The monoisotopic (exact) mass is 611 g/mol. The van der Waals surface area contributed by atoms with Crippen molar-refractivity contribution in [2.24, 2.45) is 0 Å². The quantitative estimate of drug-likeness (QED) is 0.143. The van der Waals surface area contributed by atoms with Crippen LogP contribution in [0.2, 0.25) is 0 Å². The van der Waals surface area contributed by atoms with E-state index in [0.717, 1.165) is 74.2 Å². The Morgan fingerprint density at radius 3 is 2.54 bits per heavy atom. The van der Waals surface area contributed by atoms with Crippen LogP contribution in [0.5, 0.6) is 5.75 Å². The first kappa shape index (κ1) is 29.3. The summed E-state index contributed by atoms with van der Waals surface area (Å²) in [4.78, 5) is 14.8. The molecule has 0 radical (unpaired) electrons. The number of H-pyrrole nitrogens is 2. The number of pyridine rings is 2. The van der Waals surface area contributed by atoms with Gasteiger partial charge in [-0.05, 0) is 72.7 Å². The van der Waals surface area contributed by atoms with Crippen LogP contribution in [0.15, 0.2) is 104 Å². The van der Waals surface area contributed by atoms with E-state index in [0.29, 0.717) is 18.9 Å². The number of hydrogen-bond acceptors (Lipinski definition) is 6. The van der Waals surface area contributed by atoms with Crippen molar-refractivity contribution in [1.29, 1.82) is 0 Å². The highest BCUT2D eigenvalue weighted by Crippen LogP contribution is 2.36. The minimum Gasteiger partial charge on any atom is -0.492 e. The number of hydrogen-bond donors (Lipinski definition) is 3. The van der Waals surface area contributed by atoms with Gasteiger partial charge in [-0.15, -0.1) is 0 Å². The van der Waals surface area contributed by atoms with Crippen molar-refractivity contribution < 1.29 is 9.13 Å². The Bertz CT molecular complexity index is 2120. The average Bonchev–Trinajstić information content (AvgIpc) is 3.69. The van der Waals surface area contributed by atoms with E-state index in [9.17, 15) is 4.39 Å². The molecule has 230 valence electrons. The third kappa shape index (κ3) is 6.37. The van der Waals surface area contributed by atoms with Crippen LogP contribution in [0.25, 0.3) is 55.6 Å². The lowest BCUT2D eigenvalue weighted by Crippen LogP contribution is -2.19. The summed E-state index contributed by atoms with van der Waals surface area (Å²) in [5, 5.41) is 13.2. The number of benzene rings is 3. The molecule has 7 rings (SSSR count). The second kappa shape index (κ2) is 12.9. The van der Waals surface area contributed by atoms with Crippen molar-refractivity contribution in [3.63, 3.8) is 0 Å². The minimum atomic E-state index is -0.339. The van der Waals surface area contributed by atoms with Gasteiger partial charge in [0.25, 0.3) is 0 Å². The molecule has 0 atom stereocenters. The van der Waals surface area contributed by atoms with Crippen molar-refractivity contribution in [2.75, 3.05) is 27.2 Å². The molecule has 0 bridgehead atoms. The molecule has 0 saturated heterocycles. The number of halogens is 1. The van der Waals surface area contributed by atoms with Gasteiger partial charge in [0.15, 0.2) is 0 Å². The minimum absolute atomic E-state index is 0.339. The van der Waals surface area contributed by atoms with E-state index in [2.05, 4.69) is 49.7 Å². The molecule has 3 aromatic carbocycles. The third-order valence-corrected chi connectivity index (χ3v) is 7.95. The lowest BCUT2D eigenvalue weighted by molar-refractivity contribution is 0.260. The lowest BCUT2D eigenvalue weighted by atomic mass is 10.0. The van der Waals surface area contributed by atoms with E-state index in [1.54, 1.807) is 12.3 Å². The average molecular weight is 612 g/mol. The van der Waals surface area contributed by atoms with Gasteiger partial charge in [0.2, 0.25) is 0 Å². The molecule has 0 unspecified atom stereocenters. The summed E-state index contributed by atoms with van der Waals surface area (Å²) in [5.74, 6) is 0.169. The molecule has 9 heteroatoms. The molecule has 0 fully saturated rings.